The number of nitrogens with two attached hydrogens (primary N) is 1. The lowest BCUT2D eigenvalue weighted by molar-refractivity contribution is 0.583. The first-order chi connectivity index (χ1) is 6.29. The quantitative estimate of drug-likeness (QED) is 0.827. The van der Waals surface area contributed by atoms with Crippen LogP contribution in [0.2, 0.25) is 0 Å². The van der Waals surface area contributed by atoms with E-state index in [1.54, 1.807) is 12.3 Å². The van der Waals surface area contributed by atoms with Gasteiger partial charge in [-0.15, -0.1) is 0 Å². The average molecular weight is 238 g/mol. The van der Waals surface area contributed by atoms with E-state index in [1.807, 2.05) is 24.3 Å². The second kappa shape index (κ2) is 3.26. The molecule has 0 saturated carbocycles. The van der Waals surface area contributed by atoms with E-state index in [1.165, 1.54) is 0 Å². The van der Waals surface area contributed by atoms with E-state index in [4.69, 9.17) is 10.2 Å². The van der Waals surface area contributed by atoms with Gasteiger partial charge in [0.25, 0.3) is 0 Å². The van der Waals surface area contributed by atoms with Gasteiger partial charge in [0.15, 0.2) is 5.76 Å². The molecule has 0 radical (unpaired) electrons. The molecule has 1 aromatic heterocycles. The Morgan fingerprint density at radius 3 is 2.54 bits per heavy atom. The molecule has 3 heteroatoms. The molecule has 0 fully saturated rings. The molecular formula is C10H8BrNO. The summed E-state index contributed by atoms with van der Waals surface area (Å²) < 4.78 is 6.26. The van der Waals surface area contributed by atoms with Gasteiger partial charge in [-0.3, -0.25) is 0 Å². The van der Waals surface area contributed by atoms with Crippen LogP contribution in [-0.4, -0.2) is 0 Å². The van der Waals surface area contributed by atoms with Crippen molar-refractivity contribution in [3.8, 4) is 11.3 Å². The van der Waals surface area contributed by atoms with Gasteiger partial charge in [0, 0.05) is 16.1 Å². The van der Waals surface area contributed by atoms with Gasteiger partial charge in [-0.05, 0) is 6.07 Å². The molecule has 66 valence electrons. The number of halogens is 1. The van der Waals surface area contributed by atoms with E-state index >= 15 is 0 Å². The maximum atomic E-state index is 5.73. The Labute approximate surface area is 84.5 Å². The molecule has 0 saturated heterocycles. The molecule has 0 amide bonds. The molecule has 0 bridgehead atoms. The molecule has 2 aromatic rings. The van der Waals surface area contributed by atoms with Gasteiger partial charge >= 0.3 is 0 Å². The molecule has 0 aliphatic heterocycles. The van der Waals surface area contributed by atoms with Crippen LogP contribution in [0.15, 0.2) is 45.5 Å². The summed E-state index contributed by atoms with van der Waals surface area (Å²) in [6.45, 7) is 0. The predicted molar refractivity (Wildman–Crippen MR) is 56.3 cm³/mol. The zero-order valence-electron chi connectivity index (χ0n) is 6.83. The third-order valence-electron chi connectivity index (χ3n) is 1.81. The van der Waals surface area contributed by atoms with Gasteiger partial charge in [0.05, 0.1) is 12.0 Å². The van der Waals surface area contributed by atoms with Gasteiger partial charge in [-0.2, -0.15) is 0 Å². The molecule has 0 aliphatic rings. The number of hydrogen-bond donors (Lipinski definition) is 1. The largest absolute Gasteiger partial charge is 0.462 e. The number of nitrogen functional groups attached to an aromatic ring is 1. The lowest BCUT2D eigenvalue weighted by Crippen LogP contribution is -1.85. The lowest BCUT2D eigenvalue weighted by atomic mass is 10.1. The van der Waals surface area contributed by atoms with E-state index < -0.39 is 0 Å². The van der Waals surface area contributed by atoms with Crippen LogP contribution in [0.1, 0.15) is 0 Å². The van der Waals surface area contributed by atoms with Crippen molar-refractivity contribution >= 4 is 21.6 Å². The maximum absolute atomic E-state index is 5.73. The fourth-order valence-corrected chi connectivity index (χ4v) is 1.65. The van der Waals surface area contributed by atoms with Crippen LogP contribution in [0.5, 0.6) is 0 Å². The van der Waals surface area contributed by atoms with E-state index in [-0.39, 0.29) is 0 Å². The summed E-state index contributed by atoms with van der Waals surface area (Å²) in [5.74, 6) is 0.715. The minimum Gasteiger partial charge on any atom is -0.462 e. The van der Waals surface area contributed by atoms with Crippen molar-refractivity contribution in [1.82, 2.24) is 0 Å². The number of anilines is 1. The van der Waals surface area contributed by atoms with Crippen LogP contribution in [0.4, 0.5) is 5.69 Å². The molecule has 0 spiro atoms. The van der Waals surface area contributed by atoms with Gasteiger partial charge in [-0.25, -0.2) is 0 Å². The van der Waals surface area contributed by atoms with Gasteiger partial charge in [-0.1, -0.05) is 34.1 Å². The second-order valence-corrected chi connectivity index (χ2v) is 3.54. The molecule has 13 heavy (non-hydrogen) atoms. The van der Waals surface area contributed by atoms with Gasteiger partial charge in [0.1, 0.15) is 0 Å². The molecule has 0 atom stereocenters. The predicted octanol–water partition coefficient (Wildman–Crippen LogP) is 3.29. The molecule has 0 unspecified atom stereocenters. The van der Waals surface area contributed by atoms with E-state index in [0.29, 0.717) is 11.4 Å². The van der Waals surface area contributed by atoms with Crippen LogP contribution in [0.3, 0.4) is 0 Å². The van der Waals surface area contributed by atoms with Crippen LogP contribution in [-0.2, 0) is 0 Å². The Bertz CT molecular complexity index is 422. The lowest BCUT2D eigenvalue weighted by Gasteiger charge is -2.00. The highest BCUT2D eigenvalue weighted by molar-refractivity contribution is 9.10. The van der Waals surface area contributed by atoms with E-state index in [0.717, 1.165) is 10.0 Å². The highest BCUT2D eigenvalue weighted by atomic mass is 79.9. The first-order valence-corrected chi connectivity index (χ1v) is 4.66. The van der Waals surface area contributed by atoms with Crippen molar-refractivity contribution in [2.75, 3.05) is 5.73 Å². The average Bonchev–Trinajstić information content (AvgIpc) is 2.52. The molecular weight excluding hydrogens is 230 g/mol. The van der Waals surface area contributed by atoms with Crippen LogP contribution < -0.4 is 5.73 Å². The zero-order chi connectivity index (χ0) is 9.26. The van der Waals surface area contributed by atoms with Crippen LogP contribution in [0.25, 0.3) is 11.3 Å². The highest BCUT2D eigenvalue weighted by Crippen LogP contribution is 2.32. The molecule has 2 nitrogen and oxygen atoms in total. The molecule has 2 rings (SSSR count). The highest BCUT2D eigenvalue weighted by Gasteiger charge is 2.08. The smallest absolute Gasteiger partial charge is 0.157 e. The standard InChI is InChI=1S/C10H8BrNO/c11-8-4-2-1-3-7(8)10-9(12)5-6-13-10/h1-6H,12H2. The van der Waals surface area contributed by atoms with Gasteiger partial charge < -0.3 is 10.2 Å². The van der Waals surface area contributed by atoms with Crippen molar-refractivity contribution in [3.05, 3.63) is 41.1 Å². The first-order valence-electron chi connectivity index (χ1n) is 3.87. The monoisotopic (exact) mass is 237 g/mol. The first kappa shape index (κ1) is 8.38. The minimum atomic E-state index is 0.659. The SMILES string of the molecule is Nc1ccoc1-c1ccccc1Br. The molecule has 1 aromatic carbocycles. The third-order valence-corrected chi connectivity index (χ3v) is 2.51. The number of furan rings is 1. The van der Waals surface area contributed by atoms with E-state index in [2.05, 4.69) is 15.9 Å². The Hall–Kier alpha value is -1.22. The summed E-state index contributed by atoms with van der Waals surface area (Å²) >= 11 is 3.44. The zero-order valence-corrected chi connectivity index (χ0v) is 8.41. The topological polar surface area (TPSA) is 39.2 Å². The maximum Gasteiger partial charge on any atom is 0.157 e. The number of hydrogen-bond acceptors (Lipinski definition) is 2. The minimum absolute atomic E-state index is 0.659. The van der Waals surface area contributed by atoms with Crippen molar-refractivity contribution < 1.29 is 4.42 Å². The number of benzene rings is 1. The fourth-order valence-electron chi connectivity index (χ4n) is 1.18. The molecule has 0 aliphatic carbocycles. The van der Waals surface area contributed by atoms with Crippen molar-refractivity contribution in [2.45, 2.75) is 0 Å². The summed E-state index contributed by atoms with van der Waals surface area (Å²) in [4.78, 5) is 0. The summed E-state index contributed by atoms with van der Waals surface area (Å²) in [5, 5.41) is 0. The van der Waals surface area contributed by atoms with Crippen molar-refractivity contribution in [2.24, 2.45) is 0 Å². The van der Waals surface area contributed by atoms with Crippen LogP contribution in [0, 0.1) is 0 Å². The second-order valence-electron chi connectivity index (χ2n) is 2.68. The Balaban J connectivity index is 2.59. The molecule has 2 N–H and O–H groups in total. The third kappa shape index (κ3) is 1.47. The summed E-state index contributed by atoms with van der Waals surface area (Å²) in [7, 11) is 0. The Morgan fingerprint density at radius 2 is 1.92 bits per heavy atom. The summed E-state index contributed by atoms with van der Waals surface area (Å²) in [6.07, 6.45) is 1.59. The summed E-state index contributed by atoms with van der Waals surface area (Å²) in [5.41, 5.74) is 7.36. The van der Waals surface area contributed by atoms with E-state index in [9.17, 15) is 0 Å². The van der Waals surface area contributed by atoms with Crippen LogP contribution >= 0.6 is 15.9 Å². The Kier molecular flexibility index (Phi) is 2.10. The van der Waals surface area contributed by atoms with Gasteiger partial charge in [0.2, 0.25) is 0 Å². The Morgan fingerprint density at radius 1 is 1.15 bits per heavy atom. The van der Waals surface area contributed by atoms with Crippen molar-refractivity contribution in [1.29, 1.82) is 0 Å². The number of rotatable bonds is 1. The van der Waals surface area contributed by atoms with Crippen molar-refractivity contribution in [3.63, 3.8) is 0 Å². The molecule has 1 heterocycles. The fraction of sp³-hybridized carbons (Fsp3) is 0. The summed E-state index contributed by atoms with van der Waals surface area (Å²) in [6, 6.07) is 9.56. The normalized spacial score (nSPS) is 10.2.